The van der Waals surface area contributed by atoms with Gasteiger partial charge in [0.15, 0.2) is 11.3 Å². The van der Waals surface area contributed by atoms with Crippen LogP contribution >= 0.6 is 0 Å². The highest BCUT2D eigenvalue weighted by Gasteiger charge is 2.60. The van der Waals surface area contributed by atoms with Gasteiger partial charge < -0.3 is 5.32 Å². The Bertz CT molecular complexity index is 1370. The maximum atomic E-state index is 14.4. The summed E-state index contributed by atoms with van der Waals surface area (Å²) in [4.78, 5) is 16.7. The number of halogens is 6. The molecule has 1 amide bonds. The standard InChI is InChI=1S/C21H16F6N6O/c1-3-32-11(2)16(10-28-32)30-19(34)15-9-18-29-14(12-4-6-13(22)7-5-12)8-17(33(18)31-15)20(23,24)21(25,26)27/h4-10H,3H2,1-2H3,(H,30,34). The smallest absolute Gasteiger partial charge is 0.318 e. The van der Waals surface area contributed by atoms with Crippen molar-refractivity contribution in [3.8, 4) is 11.3 Å². The van der Waals surface area contributed by atoms with Crippen LogP contribution in [0, 0.1) is 12.7 Å². The number of fused-ring (bicyclic) bond motifs is 1. The van der Waals surface area contributed by atoms with Crippen molar-refractivity contribution in [3.63, 3.8) is 0 Å². The van der Waals surface area contributed by atoms with Crippen LogP contribution in [0.25, 0.3) is 16.9 Å². The van der Waals surface area contributed by atoms with Crippen molar-refractivity contribution in [1.29, 1.82) is 0 Å². The number of carbonyl (C=O) groups is 1. The molecule has 0 saturated heterocycles. The molecule has 0 atom stereocenters. The van der Waals surface area contributed by atoms with E-state index in [4.69, 9.17) is 0 Å². The zero-order chi connectivity index (χ0) is 24.8. The van der Waals surface area contributed by atoms with Crippen LogP contribution in [0.5, 0.6) is 0 Å². The average molecular weight is 482 g/mol. The minimum absolute atomic E-state index is 0.0953. The fourth-order valence-corrected chi connectivity index (χ4v) is 3.30. The number of amides is 1. The third-order valence-corrected chi connectivity index (χ3v) is 5.13. The number of aryl methyl sites for hydroxylation is 1. The number of anilines is 1. The fourth-order valence-electron chi connectivity index (χ4n) is 3.30. The summed E-state index contributed by atoms with van der Waals surface area (Å²) >= 11 is 0. The molecule has 0 bridgehead atoms. The third-order valence-electron chi connectivity index (χ3n) is 5.13. The molecule has 13 heteroatoms. The summed E-state index contributed by atoms with van der Waals surface area (Å²) in [5.74, 6) is -6.80. The molecule has 0 aliphatic carbocycles. The second-order valence-corrected chi connectivity index (χ2v) is 7.32. The normalized spacial score (nSPS) is 12.4. The number of nitrogens with zero attached hydrogens (tertiary/aromatic N) is 5. The maximum Gasteiger partial charge on any atom is 0.459 e. The van der Waals surface area contributed by atoms with E-state index in [9.17, 15) is 31.1 Å². The Morgan fingerprint density at radius 1 is 1.09 bits per heavy atom. The van der Waals surface area contributed by atoms with Crippen LogP contribution in [0.15, 0.2) is 42.6 Å². The van der Waals surface area contributed by atoms with Crippen LogP contribution < -0.4 is 5.32 Å². The summed E-state index contributed by atoms with van der Waals surface area (Å²) in [6.07, 6.45) is -4.57. The van der Waals surface area contributed by atoms with Crippen molar-refractivity contribution in [2.75, 3.05) is 5.32 Å². The van der Waals surface area contributed by atoms with E-state index in [-0.39, 0.29) is 15.8 Å². The molecule has 1 aromatic carbocycles. The highest BCUT2D eigenvalue weighted by atomic mass is 19.4. The number of carbonyl (C=O) groups excluding carboxylic acids is 1. The van der Waals surface area contributed by atoms with E-state index in [1.54, 1.807) is 11.6 Å². The van der Waals surface area contributed by atoms with Crippen molar-refractivity contribution in [1.82, 2.24) is 24.4 Å². The van der Waals surface area contributed by atoms with Crippen LogP contribution in [-0.2, 0) is 12.5 Å². The molecule has 4 rings (SSSR count). The first-order chi connectivity index (χ1) is 15.9. The zero-order valence-corrected chi connectivity index (χ0v) is 17.7. The Labute approximate surface area is 188 Å². The second kappa shape index (κ2) is 8.15. The number of rotatable bonds is 5. The summed E-state index contributed by atoms with van der Waals surface area (Å²) in [6.45, 7) is 4.05. The van der Waals surface area contributed by atoms with E-state index >= 15 is 0 Å². The van der Waals surface area contributed by atoms with Gasteiger partial charge in [-0.25, -0.2) is 13.9 Å². The highest BCUT2D eigenvalue weighted by Crippen LogP contribution is 2.44. The molecule has 0 aliphatic rings. The van der Waals surface area contributed by atoms with Crippen LogP contribution in [0.3, 0.4) is 0 Å². The minimum Gasteiger partial charge on any atom is -0.318 e. The molecule has 0 fully saturated rings. The summed E-state index contributed by atoms with van der Waals surface area (Å²) in [7, 11) is 0. The lowest BCUT2D eigenvalue weighted by Crippen LogP contribution is -2.36. The van der Waals surface area contributed by atoms with Gasteiger partial charge in [-0.1, -0.05) is 0 Å². The molecular formula is C21H16F6N6O. The van der Waals surface area contributed by atoms with E-state index in [2.05, 4.69) is 20.5 Å². The number of benzene rings is 1. The van der Waals surface area contributed by atoms with Gasteiger partial charge in [-0.3, -0.25) is 9.48 Å². The van der Waals surface area contributed by atoms with Crippen molar-refractivity contribution < 1.29 is 31.1 Å². The Hall–Kier alpha value is -3.90. The SMILES string of the molecule is CCn1ncc(NC(=O)c2cc3nc(-c4ccc(F)cc4)cc(C(F)(F)C(F)(F)F)n3n2)c1C. The topological polar surface area (TPSA) is 77.1 Å². The monoisotopic (exact) mass is 482 g/mol. The Balaban J connectivity index is 1.84. The number of hydrogen-bond donors (Lipinski definition) is 1. The molecular weight excluding hydrogens is 466 g/mol. The maximum absolute atomic E-state index is 14.4. The molecule has 3 aromatic heterocycles. The largest absolute Gasteiger partial charge is 0.459 e. The first-order valence-electron chi connectivity index (χ1n) is 9.88. The molecule has 7 nitrogen and oxygen atoms in total. The van der Waals surface area contributed by atoms with Crippen LogP contribution in [0.4, 0.5) is 32.0 Å². The van der Waals surface area contributed by atoms with Gasteiger partial charge in [-0.2, -0.15) is 32.1 Å². The van der Waals surface area contributed by atoms with E-state index < -0.39 is 40.9 Å². The minimum atomic E-state index is -5.94. The Kier molecular flexibility index (Phi) is 5.58. The Morgan fingerprint density at radius 2 is 1.76 bits per heavy atom. The van der Waals surface area contributed by atoms with E-state index in [1.165, 1.54) is 18.3 Å². The molecule has 0 saturated carbocycles. The molecule has 178 valence electrons. The van der Waals surface area contributed by atoms with Gasteiger partial charge in [0, 0.05) is 18.2 Å². The van der Waals surface area contributed by atoms with Gasteiger partial charge in [0.2, 0.25) is 0 Å². The van der Waals surface area contributed by atoms with Gasteiger partial charge in [0.1, 0.15) is 11.5 Å². The number of hydrogen-bond acceptors (Lipinski definition) is 4. The quantitative estimate of drug-likeness (QED) is 0.408. The second-order valence-electron chi connectivity index (χ2n) is 7.32. The van der Waals surface area contributed by atoms with Gasteiger partial charge in [-0.05, 0) is 44.2 Å². The van der Waals surface area contributed by atoms with E-state index in [0.717, 1.165) is 18.2 Å². The van der Waals surface area contributed by atoms with Crippen LogP contribution in [0.2, 0.25) is 0 Å². The molecule has 1 N–H and O–H groups in total. The summed E-state index contributed by atoms with van der Waals surface area (Å²) in [5.41, 5.74) is -1.65. The summed E-state index contributed by atoms with van der Waals surface area (Å²) < 4.78 is 83.6. The van der Waals surface area contributed by atoms with Crippen molar-refractivity contribution >= 4 is 17.2 Å². The highest BCUT2D eigenvalue weighted by molar-refractivity contribution is 6.03. The number of aromatic nitrogens is 5. The third kappa shape index (κ3) is 3.97. The van der Waals surface area contributed by atoms with Gasteiger partial charge in [0.25, 0.3) is 5.91 Å². The molecule has 3 heterocycles. The molecule has 0 aliphatic heterocycles. The molecule has 0 unspecified atom stereocenters. The first kappa shape index (κ1) is 23.3. The van der Waals surface area contributed by atoms with Gasteiger partial charge in [0.05, 0.1) is 23.3 Å². The number of alkyl halides is 5. The fraction of sp³-hybridized carbons (Fsp3) is 0.238. The summed E-state index contributed by atoms with van der Waals surface area (Å²) in [5, 5.41) is 10.2. The summed E-state index contributed by atoms with van der Waals surface area (Å²) in [6, 6.07) is 5.88. The first-order valence-corrected chi connectivity index (χ1v) is 9.88. The molecule has 34 heavy (non-hydrogen) atoms. The predicted molar refractivity (Wildman–Crippen MR) is 109 cm³/mol. The molecule has 0 spiro atoms. The predicted octanol–water partition coefficient (Wildman–Crippen LogP) is 4.97. The van der Waals surface area contributed by atoms with Crippen molar-refractivity contribution in [2.45, 2.75) is 32.5 Å². The van der Waals surface area contributed by atoms with Gasteiger partial charge >= 0.3 is 12.1 Å². The van der Waals surface area contributed by atoms with Crippen molar-refractivity contribution in [3.05, 3.63) is 65.5 Å². The number of nitrogens with one attached hydrogen (secondary N) is 1. The average Bonchev–Trinajstić information content (AvgIpc) is 3.36. The zero-order valence-electron chi connectivity index (χ0n) is 17.7. The lowest BCUT2D eigenvalue weighted by atomic mass is 10.1. The van der Waals surface area contributed by atoms with Gasteiger partial charge in [-0.15, -0.1) is 0 Å². The van der Waals surface area contributed by atoms with Crippen molar-refractivity contribution in [2.24, 2.45) is 0 Å². The Morgan fingerprint density at radius 3 is 2.35 bits per heavy atom. The lowest BCUT2D eigenvalue weighted by Gasteiger charge is -2.21. The van der Waals surface area contributed by atoms with Crippen LogP contribution in [0.1, 0.15) is 28.8 Å². The van der Waals surface area contributed by atoms with Crippen LogP contribution in [-0.4, -0.2) is 36.5 Å². The lowest BCUT2D eigenvalue weighted by molar-refractivity contribution is -0.291. The van der Waals surface area contributed by atoms with E-state index in [0.29, 0.717) is 24.0 Å². The molecule has 4 aromatic rings. The van der Waals surface area contributed by atoms with E-state index in [1.807, 2.05) is 6.92 Å². The molecule has 0 radical (unpaired) electrons.